The first kappa shape index (κ1) is 18.0. The molecule has 2 aromatic rings. The molecule has 7 nitrogen and oxygen atoms in total. The Kier molecular flexibility index (Phi) is 5.73. The predicted molar refractivity (Wildman–Crippen MR) is 92.0 cm³/mol. The standard InChI is InChI=1S/C18H17NO6/c1-12-4-7-16(24-3)13(10-12)5-9-18(20)25-17-8-6-14(23-2)11-15(17)19(21)22/h4-11H,1-3H3/b9-5+. The summed E-state index contributed by atoms with van der Waals surface area (Å²) >= 11 is 0. The third-order valence-electron chi connectivity index (χ3n) is 3.36. The average Bonchev–Trinajstić information content (AvgIpc) is 2.60. The van der Waals surface area contributed by atoms with Crippen molar-refractivity contribution < 1.29 is 23.9 Å². The second-order valence-electron chi connectivity index (χ2n) is 5.09. The molecule has 0 saturated heterocycles. The van der Waals surface area contributed by atoms with E-state index in [9.17, 15) is 14.9 Å². The molecule has 0 spiro atoms. The molecule has 0 N–H and O–H groups in total. The molecule has 0 atom stereocenters. The van der Waals surface area contributed by atoms with Crippen LogP contribution < -0.4 is 14.2 Å². The van der Waals surface area contributed by atoms with Crippen LogP contribution in [0.25, 0.3) is 6.08 Å². The molecule has 2 rings (SSSR count). The minimum absolute atomic E-state index is 0.156. The molecule has 0 aliphatic carbocycles. The van der Waals surface area contributed by atoms with Gasteiger partial charge in [-0.2, -0.15) is 0 Å². The molecule has 7 heteroatoms. The van der Waals surface area contributed by atoms with Crippen molar-refractivity contribution in [2.45, 2.75) is 6.92 Å². The van der Waals surface area contributed by atoms with Gasteiger partial charge in [-0.25, -0.2) is 4.79 Å². The Morgan fingerprint density at radius 3 is 2.44 bits per heavy atom. The van der Waals surface area contributed by atoms with E-state index in [4.69, 9.17) is 14.2 Å². The molecule has 0 unspecified atom stereocenters. The van der Waals surface area contributed by atoms with Gasteiger partial charge in [0.05, 0.1) is 25.2 Å². The van der Waals surface area contributed by atoms with E-state index in [1.165, 1.54) is 44.6 Å². The Morgan fingerprint density at radius 2 is 1.80 bits per heavy atom. The number of hydrogen-bond acceptors (Lipinski definition) is 6. The molecule has 25 heavy (non-hydrogen) atoms. The molecule has 0 aromatic heterocycles. The van der Waals surface area contributed by atoms with Gasteiger partial charge < -0.3 is 14.2 Å². The zero-order valence-corrected chi connectivity index (χ0v) is 14.0. The van der Waals surface area contributed by atoms with Gasteiger partial charge in [-0.05, 0) is 37.3 Å². The zero-order chi connectivity index (χ0) is 18.4. The number of benzene rings is 2. The van der Waals surface area contributed by atoms with Crippen LogP contribution in [0, 0.1) is 17.0 Å². The topological polar surface area (TPSA) is 87.9 Å². The SMILES string of the molecule is COc1ccc(OC(=O)/C=C/c2cc(C)ccc2OC)c([N+](=O)[O-])c1. The third kappa shape index (κ3) is 4.57. The molecule has 0 heterocycles. The summed E-state index contributed by atoms with van der Waals surface area (Å²) in [6.07, 6.45) is 2.72. The van der Waals surface area contributed by atoms with Crippen molar-refractivity contribution >= 4 is 17.7 Å². The Morgan fingerprint density at radius 1 is 1.08 bits per heavy atom. The van der Waals surface area contributed by atoms with E-state index in [0.717, 1.165) is 5.56 Å². The highest BCUT2D eigenvalue weighted by atomic mass is 16.6. The van der Waals surface area contributed by atoms with Gasteiger partial charge in [-0.1, -0.05) is 11.6 Å². The van der Waals surface area contributed by atoms with Crippen molar-refractivity contribution in [2.75, 3.05) is 14.2 Å². The van der Waals surface area contributed by atoms with Gasteiger partial charge in [-0.15, -0.1) is 0 Å². The first-order valence-corrected chi connectivity index (χ1v) is 7.31. The molecule has 0 radical (unpaired) electrons. The van der Waals surface area contributed by atoms with E-state index in [0.29, 0.717) is 17.1 Å². The molecule has 130 valence electrons. The Labute approximate surface area is 144 Å². The number of aryl methyl sites for hydroxylation is 1. The highest BCUT2D eigenvalue weighted by molar-refractivity contribution is 5.89. The highest BCUT2D eigenvalue weighted by Crippen LogP contribution is 2.31. The number of carbonyl (C=O) groups is 1. The van der Waals surface area contributed by atoms with Gasteiger partial charge in [0.2, 0.25) is 5.75 Å². The quantitative estimate of drug-likeness (QED) is 0.262. The smallest absolute Gasteiger partial charge is 0.336 e. The highest BCUT2D eigenvalue weighted by Gasteiger charge is 2.18. The van der Waals surface area contributed by atoms with Crippen molar-refractivity contribution in [2.24, 2.45) is 0 Å². The van der Waals surface area contributed by atoms with Crippen LogP contribution in [0.2, 0.25) is 0 Å². The summed E-state index contributed by atoms with van der Waals surface area (Å²) in [5, 5.41) is 11.1. The molecule has 0 aliphatic rings. The minimum atomic E-state index is -0.739. The first-order valence-electron chi connectivity index (χ1n) is 7.31. The average molecular weight is 343 g/mol. The van der Waals surface area contributed by atoms with E-state index in [1.807, 2.05) is 19.1 Å². The van der Waals surface area contributed by atoms with E-state index in [1.54, 1.807) is 6.07 Å². The van der Waals surface area contributed by atoms with Crippen molar-refractivity contribution in [3.63, 3.8) is 0 Å². The van der Waals surface area contributed by atoms with E-state index >= 15 is 0 Å². The maximum Gasteiger partial charge on any atom is 0.336 e. The van der Waals surface area contributed by atoms with Gasteiger partial charge in [0.25, 0.3) is 0 Å². The van der Waals surface area contributed by atoms with E-state index in [-0.39, 0.29) is 11.4 Å². The molecule has 2 aromatic carbocycles. The van der Waals surface area contributed by atoms with Crippen LogP contribution in [-0.2, 0) is 4.79 Å². The molecule has 0 saturated carbocycles. The summed E-state index contributed by atoms with van der Waals surface area (Å²) in [6, 6.07) is 9.50. The van der Waals surface area contributed by atoms with Gasteiger partial charge in [0.1, 0.15) is 11.5 Å². The predicted octanol–water partition coefficient (Wildman–Crippen LogP) is 3.54. The Hall–Kier alpha value is -3.35. The van der Waals surface area contributed by atoms with E-state index < -0.39 is 10.9 Å². The maximum absolute atomic E-state index is 12.0. The third-order valence-corrected chi connectivity index (χ3v) is 3.36. The normalized spacial score (nSPS) is 10.5. The minimum Gasteiger partial charge on any atom is -0.496 e. The fourth-order valence-corrected chi connectivity index (χ4v) is 2.14. The molecular formula is C18H17NO6. The fourth-order valence-electron chi connectivity index (χ4n) is 2.14. The summed E-state index contributed by atoms with van der Waals surface area (Å²) in [4.78, 5) is 22.5. The van der Waals surface area contributed by atoms with Crippen molar-refractivity contribution in [1.82, 2.24) is 0 Å². The lowest BCUT2D eigenvalue weighted by molar-refractivity contribution is -0.385. The van der Waals surface area contributed by atoms with Gasteiger partial charge in [0, 0.05) is 11.6 Å². The van der Waals surface area contributed by atoms with Crippen LogP contribution in [0.3, 0.4) is 0 Å². The van der Waals surface area contributed by atoms with Crippen LogP contribution in [-0.4, -0.2) is 25.1 Å². The zero-order valence-electron chi connectivity index (χ0n) is 14.0. The van der Waals surface area contributed by atoms with Gasteiger partial charge in [-0.3, -0.25) is 10.1 Å². The summed E-state index contributed by atoms with van der Waals surface area (Å²) in [5.41, 5.74) is 1.34. The molecule has 0 aliphatic heterocycles. The fraction of sp³-hybridized carbons (Fsp3) is 0.167. The maximum atomic E-state index is 12.0. The second kappa shape index (κ2) is 7.96. The van der Waals surface area contributed by atoms with Gasteiger partial charge in [0.15, 0.2) is 0 Å². The monoisotopic (exact) mass is 343 g/mol. The summed E-state index contributed by atoms with van der Waals surface area (Å²) in [7, 11) is 2.92. The number of carbonyl (C=O) groups excluding carboxylic acids is 1. The van der Waals surface area contributed by atoms with E-state index in [2.05, 4.69) is 0 Å². The largest absolute Gasteiger partial charge is 0.496 e. The molecule has 0 amide bonds. The summed E-state index contributed by atoms with van der Waals surface area (Å²) < 4.78 is 15.2. The van der Waals surface area contributed by atoms with Crippen LogP contribution in [0.4, 0.5) is 5.69 Å². The second-order valence-corrected chi connectivity index (χ2v) is 5.09. The summed E-state index contributed by atoms with van der Waals surface area (Å²) in [5.74, 6) is 0.00472. The number of hydrogen-bond donors (Lipinski definition) is 0. The Balaban J connectivity index is 2.21. The lowest BCUT2D eigenvalue weighted by Gasteiger charge is -2.06. The summed E-state index contributed by atoms with van der Waals surface area (Å²) in [6.45, 7) is 1.91. The Bertz CT molecular complexity index is 828. The molecular weight excluding hydrogens is 326 g/mol. The number of ether oxygens (including phenoxy) is 3. The van der Waals surface area contributed by atoms with Crippen LogP contribution in [0.1, 0.15) is 11.1 Å². The molecule has 0 fully saturated rings. The van der Waals surface area contributed by atoms with Crippen molar-refractivity contribution in [1.29, 1.82) is 0 Å². The number of methoxy groups -OCH3 is 2. The van der Waals surface area contributed by atoms with Crippen molar-refractivity contribution in [3.05, 3.63) is 63.7 Å². The number of rotatable bonds is 6. The number of esters is 1. The van der Waals surface area contributed by atoms with Crippen LogP contribution in [0.15, 0.2) is 42.5 Å². The first-order chi connectivity index (χ1) is 11.9. The van der Waals surface area contributed by atoms with Gasteiger partial charge >= 0.3 is 11.7 Å². The molecule has 0 bridgehead atoms. The van der Waals surface area contributed by atoms with Crippen LogP contribution in [0.5, 0.6) is 17.2 Å². The van der Waals surface area contributed by atoms with Crippen LogP contribution >= 0.6 is 0 Å². The lowest BCUT2D eigenvalue weighted by atomic mass is 10.1. The number of nitro groups is 1. The number of nitrogens with zero attached hydrogens (tertiary/aromatic N) is 1. The van der Waals surface area contributed by atoms with Crippen molar-refractivity contribution in [3.8, 4) is 17.2 Å². The number of nitro benzene ring substituents is 1. The lowest BCUT2D eigenvalue weighted by Crippen LogP contribution is -2.06.